The van der Waals surface area contributed by atoms with E-state index in [-0.39, 0.29) is 4.90 Å². The molecule has 0 saturated carbocycles. The molecule has 0 unspecified atom stereocenters. The van der Waals surface area contributed by atoms with Crippen molar-refractivity contribution in [2.24, 2.45) is 0 Å². The van der Waals surface area contributed by atoms with Crippen LogP contribution in [-0.2, 0) is 10.0 Å². The van der Waals surface area contributed by atoms with Gasteiger partial charge in [0.25, 0.3) is 0 Å². The van der Waals surface area contributed by atoms with Gasteiger partial charge in [-0.05, 0) is 43.8 Å². The summed E-state index contributed by atoms with van der Waals surface area (Å²) in [4.78, 5) is 6.89. The number of aryl methyl sites for hydroxylation is 1. The fourth-order valence-corrected chi connectivity index (χ4v) is 4.66. The summed E-state index contributed by atoms with van der Waals surface area (Å²) in [7, 11) is -1.54. The molecule has 1 fully saturated rings. The lowest BCUT2D eigenvalue weighted by atomic mass is 10.2. The first-order valence-electron chi connectivity index (χ1n) is 9.09. The number of likely N-dealkylation sites (N-methyl/N-ethyl adjacent to an activating group) is 1. The molecule has 0 radical (unpaired) electrons. The van der Waals surface area contributed by atoms with Crippen molar-refractivity contribution in [3.8, 4) is 0 Å². The summed E-state index contributed by atoms with van der Waals surface area (Å²) in [5.41, 5.74) is 3.09. The highest BCUT2D eigenvalue weighted by atomic mass is 32.2. The Kier molecular flexibility index (Phi) is 4.96. The number of para-hydroxylation sites is 1. The lowest BCUT2D eigenvalue weighted by molar-refractivity contribution is 0.222. The number of rotatable bonds is 4. The molecule has 3 aromatic rings. The number of fused-ring (bicyclic) bond motifs is 1. The van der Waals surface area contributed by atoms with Gasteiger partial charge >= 0.3 is 0 Å². The third kappa shape index (κ3) is 3.68. The molecule has 0 spiro atoms. The van der Waals surface area contributed by atoms with Gasteiger partial charge < -0.3 is 10.2 Å². The number of nitrogens with zero attached hydrogens (tertiary/aromatic N) is 5. The normalized spacial score (nSPS) is 16.4. The number of hydrogen-bond donors (Lipinski definition) is 1. The molecular weight excluding hydrogens is 376 g/mol. The van der Waals surface area contributed by atoms with Gasteiger partial charge in [0, 0.05) is 31.9 Å². The molecule has 1 aliphatic rings. The van der Waals surface area contributed by atoms with E-state index in [1.807, 2.05) is 32.2 Å². The van der Waals surface area contributed by atoms with Crippen molar-refractivity contribution < 1.29 is 8.42 Å². The lowest BCUT2D eigenvalue weighted by Gasteiger charge is -2.31. The van der Waals surface area contributed by atoms with Crippen LogP contribution in [0, 0.1) is 6.92 Å². The molecule has 1 aromatic heterocycles. The molecule has 2 aromatic carbocycles. The summed E-state index contributed by atoms with van der Waals surface area (Å²) in [6.07, 6.45) is 0. The Morgan fingerprint density at radius 3 is 2.54 bits per heavy atom. The van der Waals surface area contributed by atoms with Crippen molar-refractivity contribution in [2.75, 3.05) is 38.5 Å². The second-order valence-corrected chi connectivity index (χ2v) is 8.88. The first kappa shape index (κ1) is 18.7. The van der Waals surface area contributed by atoms with Crippen LogP contribution in [0.1, 0.15) is 5.56 Å². The van der Waals surface area contributed by atoms with Gasteiger partial charge in [0.2, 0.25) is 16.0 Å². The molecule has 1 saturated heterocycles. The molecular formula is C19H22N6O2S. The van der Waals surface area contributed by atoms with Gasteiger partial charge in [0.05, 0.1) is 10.4 Å². The molecule has 2 heterocycles. The predicted octanol–water partition coefficient (Wildman–Crippen LogP) is 2.01. The van der Waals surface area contributed by atoms with Crippen LogP contribution in [0.4, 0.5) is 11.6 Å². The third-order valence-electron chi connectivity index (χ3n) is 4.88. The van der Waals surface area contributed by atoms with Crippen LogP contribution < -0.4 is 5.32 Å². The Hall–Kier alpha value is -2.62. The Morgan fingerprint density at radius 1 is 1.00 bits per heavy atom. The minimum absolute atomic E-state index is 0.256. The van der Waals surface area contributed by atoms with Crippen molar-refractivity contribution in [2.45, 2.75) is 11.8 Å². The average molecular weight is 398 g/mol. The summed E-state index contributed by atoms with van der Waals surface area (Å²) in [6, 6.07) is 12.5. The zero-order valence-corrected chi connectivity index (χ0v) is 16.6. The summed E-state index contributed by atoms with van der Waals surface area (Å²) in [5, 5.41) is 11.3. The maximum Gasteiger partial charge on any atom is 0.247 e. The second kappa shape index (κ2) is 7.42. The highest BCUT2D eigenvalue weighted by molar-refractivity contribution is 7.89. The quantitative estimate of drug-likeness (QED) is 0.719. The SMILES string of the molecule is Cc1cccc2nnc(Nc3cccc(S(=O)(=O)N4CCN(C)CC4)c3)nc12. The fourth-order valence-electron chi connectivity index (χ4n) is 3.19. The Morgan fingerprint density at radius 2 is 1.75 bits per heavy atom. The van der Waals surface area contributed by atoms with Crippen LogP contribution in [0.25, 0.3) is 11.0 Å². The van der Waals surface area contributed by atoms with Crippen molar-refractivity contribution in [3.63, 3.8) is 0 Å². The van der Waals surface area contributed by atoms with Crippen LogP contribution >= 0.6 is 0 Å². The van der Waals surface area contributed by atoms with E-state index < -0.39 is 10.0 Å². The van der Waals surface area contributed by atoms with E-state index in [0.29, 0.717) is 24.7 Å². The smallest absolute Gasteiger partial charge is 0.247 e. The molecule has 0 aliphatic carbocycles. The van der Waals surface area contributed by atoms with Crippen LogP contribution in [0.15, 0.2) is 47.4 Å². The van der Waals surface area contributed by atoms with Crippen LogP contribution in [0.3, 0.4) is 0 Å². The van der Waals surface area contributed by atoms with Gasteiger partial charge in [-0.25, -0.2) is 13.4 Å². The Balaban J connectivity index is 1.60. The lowest BCUT2D eigenvalue weighted by Crippen LogP contribution is -2.47. The van der Waals surface area contributed by atoms with Gasteiger partial charge in [0.15, 0.2) is 0 Å². The van der Waals surface area contributed by atoms with Crippen molar-refractivity contribution in [3.05, 3.63) is 48.0 Å². The van der Waals surface area contributed by atoms with Gasteiger partial charge in [-0.3, -0.25) is 0 Å². The number of nitrogens with one attached hydrogen (secondary N) is 1. The van der Waals surface area contributed by atoms with E-state index in [9.17, 15) is 8.42 Å². The molecule has 28 heavy (non-hydrogen) atoms. The van der Waals surface area contributed by atoms with Gasteiger partial charge in [-0.2, -0.15) is 4.31 Å². The van der Waals surface area contributed by atoms with E-state index in [2.05, 4.69) is 25.4 Å². The molecule has 8 nitrogen and oxygen atoms in total. The van der Waals surface area contributed by atoms with Gasteiger partial charge in [-0.15, -0.1) is 10.2 Å². The Bertz CT molecular complexity index is 1110. The summed E-state index contributed by atoms with van der Waals surface area (Å²) >= 11 is 0. The maximum atomic E-state index is 13.0. The molecule has 0 bridgehead atoms. The number of sulfonamides is 1. The third-order valence-corrected chi connectivity index (χ3v) is 6.77. The summed E-state index contributed by atoms with van der Waals surface area (Å²) in [6.45, 7) is 4.41. The first-order chi connectivity index (χ1) is 13.4. The zero-order chi connectivity index (χ0) is 19.7. The largest absolute Gasteiger partial charge is 0.323 e. The van der Waals surface area contributed by atoms with Crippen LogP contribution in [-0.4, -0.2) is 66.0 Å². The predicted molar refractivity (Wildman–Crippen MR) is 108 cm³/mol. The fraction of sp³-hybridized carbons (Fsp3) is 0.316. The summed E-state index contributed by atoms with van der Waals surface area (Å²) < 4.78 is 27.4. The standard InChI is InChI=1S/C19H22N6O2S/c1-14-5-3-8-17-18(14)21-19(23-22-17)20-15-6-4-7-16(13-15)28(26,27)25-11-9-24(2)10-12-25/h3-8,13H,9-12H2,1-2H3,(H,20,21,23). The molecule has 0 amide bonds. The van der Waals surface area contributed by atoms with Crippen molar-refractivity contribution >= 4 is 32.7 Å². The van der Waals surface area contributed by atoms with E-state index in [0.717, 1.165) is 29.7 Å². The molecule has 0 atom stereocenters. The topological polar surface area (TPSA) is 91.3 Å². The number of benzene rings is 2. The minimum atomic E-state index is -3.53. The van der Waals surface area contributed by atoms with Crippen LogP contribution in [0.2, 0.25) is 0 Å². The molecule has 1 aliphatic heterocycles. The first-order valence-corrected chi connectivity index (χ1v) is 10.5. The van der Waals surface area contributed by atoms with E-state index >= 15 is 0 Å². The molecule has 9 heteroatoms. The second-order valence-electron chi connectivity index (χ2n) is 6.94. The molecule has 146 valence electrons. The average Bonchev–Trinajstić information content (AvgIpc) is 2.69. The number of aromatic nitrogens is 3. The number of hydrogen-bond acceptors (Lipinski definition) is 7. The number of anilines is 2. The maximum absolute atomic E-state index is 13.0. The monoisotopic (exact) mass is 398 g/mol. The van der Waals surface area contributed by atoms with E-state index in [1.54, 1.807) is 24.3 Å². The minimum Gasteiger partial charge on any atom is -0.323 e. The highest BCUT2D eigenvalue weighted by Gasteiger charge is 2.27. The number of piperazine rings is 1. The molecule has 1 N–H and O–H groups in total. The Labute approximate surface area is 164 Å². The summed E-state index contributed by atoms with van der Waals surface area (Å²) in [5.74, 6) is 0.330. The van der Waals surface area contributed by atoms with Gasteiger partial charge in [-0.1, -0.05) is 18.2 Å². The highest BCUT2D eigenvalue weighted by Crippen LogP contribution is 2.23. The van der Waals surface area contributed by atoms with E-state index in [1.165, 1.54) is 4.31 Å². The van der Waals surface area contributed by atoms with Crippen LogP contribution in [0.5, 0.6) is 0 Å². The zero-order valence-electron chi connectivity index (χ0n) is 15.8. The molecule has 4 rings (SSSR count). The van der Waals surface area contributed by atoms with E-state index in [4.69, 9.17) is 0 Å². The van der Waals surface area contributed by atoms with Crippen molar-refractivity contribution in [1.82, 2.24) is 24.4 Å². The van der Waals surface area contributed by atoms with Crippen molar-refractivity contribution in [1.29, 1.82) is 0 Å². The van der Waals surface area contributed by atoms with Gasteiger partial charge in [0.1, 0.15) is 5.52 Å².